The number of halogens is 2. The number of amides is 2. The SMILES string of the molecule is Cn1c(=O)[nH]c(=O)n(-c2cc(N3C(=O)C4=C(CCCC4)C3=O)c(F)cc2Cl)c1=O. The second kappa shape index (κ2) is 6.66. The molecular formula is C18H14ClFN4O5. The maximum Gasteiger partial charge on any atom is 0.340 e. The van der Waals surface area contributed by atoms with Crippen LogP contribution in [0.25, 0.3) is 5.69 Å². The van der Waals surface area contributed by atoms with Crippen molar-refractivity contribution in [2.24, 2.45) is 7.05 Å². The Morgan fingerprint density at radius 1 is 0.931 bits per heavy atom. The Kier molecular flexibility index (Phi) is 4.38. The number of rotatable bonds is 2. The maximum absolute atomic E-state index is 14.7. The van der Waals surface area contributed by atoms with Crippen LogP contribution in [0.15, 0.2) is 37.7 Å². The van der Waals surface area contributed by atoms with Crippen molar-refractivity contribution in [3.8, 4) is 5.69 Å². The van der Waals surface area contributed by atoms with Crippen LogP contribution in [-0.4, -0.2) is 25.9 Å². The van der Waals surface area contributed by atoms with Gasteiger partial charge in [-0.05, 0) is 37.8 Å². The summed E-state index contributed by atoms with van der Waals surface area (Å²) in [5, 5.41) is -0.311. The first-order valence-electron chi connectivity index (χ1n) is 8.75. The van der Waals surface area contributed by atoms with Crippen LogP contribution in [0.3, 0.4) is 0 Å². The van der Waals surface area contributed by atoms with Gasteiger partial charge in [0.2, 0.25) is 0 Å². The smallest absolute Gasteiger partial charge is 0.269 e. The van der Waals surface area contributed by atoms with Crippen LogP contribution >= 0.6 is 11.6 Å². The van der Waals surface area contributed by atoms with E-state index in [0.717, 1.165) is 32.0 Å². The summed E-state index contributed by atoms with van der Waals surface area (Å²) in [6.45, 7) is 0. The third-order valence-corrected chi connectivity index (χ3v) is 5.39. The van der Waals surface area contributed by atoms with Crippen molar-refractivity contribution in [1.29, 1.82) is 0 Å². The zero-order valence-corrected chi connectivity index (χ0v) is 15.9. The van der Waals surface area contributed by atoms with Gasteiger partial charge in [-0.1, -0.05) is 11.6 Å². The molecule has 150 valence electrons. The summed E-state index contributed by atoms with van der Waals surface area (Å²) in [6, 6.07) is 1.79. The average molecular weight is 421 g/mol. The number of H-pyrrole nitrogens is 1. The number of hydrogen-bond donors (Lipinski definition) is 1. The minimum atomic E-state index is -1.09. The standard InChI is InChI=1S/C18H14ClFN4O5/c1-22-16(27)21-17(28)24(18(22)29)12-7-13(11(20)6-10(12)19)23-14(25)8-4-2-3-5-9(8)15(23)26/h6-7H,2-5H2,1H3,(H,21,27,28). The van der Waals surface area contributed by atoms with E-state index in [1.165, 1.54) is 0 Å². The number of hydrogen-bond acceptors (Lipinski definition) is 5. The number of carbonyl (C=O) groups is 2. The van der Waals surface area contributed by atoms with E-state index >= 15 is 0 Å². The second-order valence-electron chi connectivity index (χ2n) is 6.78. The monoisotopic (exact) mass is 420 g/mol. The molecule has 0 saturated heterocycles. The topological polar surface area (TPSA) is 114 Å². The van der Waals surface area contributed by atoms with E-state index in [1.807, 2.05) is 4.98 Å². The molecule has 2 heterocycles. The minimum Gasteiger partial charge on any atom is -0.269 e. The largest absolute Gasteiger partial charge is 0.340 e. The van der Waals surface area contributed by atoms with E-state index in [9.17, 15) is 28.4 Å². The predicted octanol–water partition coefficient (Wildman–Crippen LogP) is 0.761. The van der Waals surface area contributed by atoms with Crippen molar-refractivity contribution in [2.75, 3.05) is 4.90 Å². The number of nitrogens with zero attached hydrogens (tertiary/aromatic N) is 3. The van der Waals surface area contributed by atoms with Gasteiger partial charge in [-0.3, -0.25) is 14.6 Å². The van der Waals surface area contributed by atoms with Crippen LogP contribution in [0.5, 0.6) is 0 Å². The Labute approximate surface area is 166 Å². The summed E-state index contributed by atoms with van der Waals surface area (Å²) in [6.07, 6.45) is 2.36. The fourth-order valence-electron chi connectivity index (χ4n) is 3.59. The summed E-state index contributed by atoms with van der Waals surface area (Å²) in [5.74, 6) is -2.22. The lowest BCUT2D eigenvalue weighted by Gasteiger charge is -2.18. The van der Waals surface area contributed by atoms with Crippen molar-refractivity contribution < 1.29 is 14.0 Å². The van der Waals surface area contributed by atoms with E-state index in [4.69, 9.17) is 11.6 Å². The molecule has 0 spiro atoms. The Morgan fingerprint density at radius 2 is 1.52 bits per heavy atom. The summed E-state index contributed by atoms with van der Waals surface area (Å²) in [5.41, 5.74) is -3.02. The van der Waals surface area contributed by atoms with Gasteiger partial charge >= 0.3 is 17.1 Å². The van der Waals surface area contributed by atoms with Gasteiger partial charge in [0.1, 0.15) is 5.82 Å². The molecule has 0 radical (unpaired) electrons. The number of benzene rings is 1. The Hall–Kier alpha value is -3.27. The predicted molar refractivity (Wildman–Crippen MR) is 101 cm³/mol. The van der Waals surface area contributed by atoms with Crippen LogP contribution in [0, 0.1) is 5.82 Å². The first-order chi connectivity index (χ1) is 13.7. The summed E-state index contributed by atoms with van der Waals surface area (Å²) < 4.78 is 15.9. The van der Waals surface area contributed by atoms with Gasteiger partial charge in [0, 0.05) is 18.2 Å². The van der Waals surface area contributed by atoms with E-state index in [1.54, 1.807) is 0 Å². The molecule has 11 heteroatoms. The first-order valence-corrected chi connectivity index (χ1v) is 9.12. The van der Waals surface area contributed by atoms with Crippen LogP contribution in [0.2, 0.25) is 5.02 Å². The van der Waals surface area contributed by atoms with Crippen LogP contribution in [0.1, 0.15) is 25.7 Å². The summed E-state index contributed by atoms with van der Waals surface area (Å²) in [4.78, 5) is 64.3. The van der Waals surface area contributed by atoms with Gasteiger partial charge in [0.05, 0.1) is 16.4 Å². The molecule has 2 aliphatic rings. The molecule has 2 aromatic rings. The molecule has 0 atom stereocenters. The highest BCUT2D eigenvalue weighted by Crippen LogP contribution is 2.38. The molecule has 4 rings (SSSR count). The number of carbonyl (C=O) groups excluding carboxylic acids is 2. The quantitative estimate of drug-likeness (QED) is 0.720. The van der Waals surface area contributed by atoms with Gasteiger partial charge in [0.25, 0.3) is 11.8 Å². The van der Waals surface area contributed by atoms with E-state index in [2.05, 4.69) is 0 Å². The Bertz CT molecular complexity index is 1270. The van der Waals surface area contributed by atoms with Gasteiger partial charge in [-0.15, -0.1) is 0 Å². The minimum absolute atomic E-state index is 0.268. The summed E-state index contributed by atoms with van der Waals surface area (Å²) in [7, 11) is 1.14. The lowest BCUT2D eigenvalue weighted by molar-refractivity contribution is -0.120. The van der Waals surface area contributed by atoms with Crippen LogP contribution < -0.4 is 22.0 Å². The molecule has 0 fully saturated rings. The number of anilines is 1. The molecule has 1 aromatic carbocycles. The van der Waals surface area contributed by atoms with Gasteiger partial charge in [0.15, 0.2) is 0 Å². The highest BCUT2D eigenvalue weighted by Gasteiger charge is 2.41. The van der Waals surface area contributed by atoms with Gasteiger partial charge < -0.3 is 0 Å². The van der Waals surface area contributed by atoms with E-state index in [-0.39, 0.29) is 10.7 Å². The molecular weight excluding hydrogens is 407 g/mol. The first kappa shape index (κ1) is 19.1. The molecule has 29 heavy (non-hydrogen) atoms. The second-order valence-corrected chi connectivity index (χ2v) is 7.18. The zero-order chi connectivity index (χ0) is 21.0. The maximum atomic E-state index is 14.7. The number of nitrogens with one attached hydrogen (secondary N) is 1. The molecule has 9 nitrogen and oxygen atoms in total. The molecule has 0 unspecified atom stereocenters. The van der Waals surface area contributed by atoms with Crippen molar-refractivity contribution in [3.05, 3.63) is 65.6 Å². The van der Waals surface area contributed by atoms with Crippen LogP contribution in [0.4, 0.5) is 10.1 Å². The van der Waals surface area contributed by atoms with Crippen molar-refractivity contribution in [1.82, 2.24) is 14.1 Å². The molecule has 2 amide bonds. The van der Waals surface area contributed by atoms with E-state index < -0.39 is 40.4 Å². The fourth-order valence-corrected chi connectivity index (χ4v) is 3.83. The Morgan fingerprint density at radius 3 is 2.10 bits per heavy atom. The molecule has 1 aliphatic heterocycles. The van der Waals surface area contributed by atoms with E-state index in [0.29, 0.717) is 38.0 Å². The molecule has 0 saturated carbocycles. The fraction of sp³-hybridized carbons (Fsp3) is 0.278. The number of imide groups is 1. The lowest BCUT2D eigenvalue weighted by atomic mass is 9.93. The van der Waals surface area contributed by atoms with Crippen molar-refractivity contribution in [3.63, 3.8) is 0 Å². The molecule has 1 aliphatic carbocycles. The highest BCUT2D eigenvalue weighted by atomic mass is 35.5. The summed E-state index contributed by atoms with van der Waals surface area (Å²) >= 11 is 6.03. The highest BCUT2D eigenvalue weighted by molar-refractivity contribution is 6.34. The van der Waals surface area contributed by atoms with Crippen LogP contribution in [-0.2, 0) is 16.6 Å². The average Bonchev–Trinajstić information content (AvgIpc) is 2.93. The third kappa shape index (κ3) is 2.79. The van der Waals surface area contributed by atoms with Gasteiger partial charge in [-0.25, -0.2) is 32.8 Å². The number of aromatic nitrogens is 3. The molecule has 1 aromatic heterocycles. The van der Waals surface area contributed by atoms with Crippen molar-refractivity contribution >= 4 is 29.1 Å². The lowest BCUT2D eigenvalue weighted by Crippen LogP contribution is -2.47. The number of aromatic amines is 1. The Balaban J connectivity index is 1.92. The molecule has 0 bridgehead atoms. The zero-order valence-electron chi connectivity index (χ0n) is 15.1. The van der Waals surface area contributed by atoms with Crippen molar-refractivity contribution in [2.45, 2.75) is 25.7 Å². The van der Waals surface area contributed by atoms with Gasteiger partial charge in [-0.2, -0.15) is 0 Å². The third-order valence-electron chi connectivity index (χ3n) is 5.09. The normalized spacial score (nSPS) is 16.6. The molecule has 1 N–H and O–H groups in total.